The van der Waals surface area contributed by atoms with Crippen molar-refractivity contribution >= 4 is 23.6 Å². The van der Waals surface area contributed by atoms with Gasteiger partial charge < -0.3 is 15.5 Å². The summed E-state index contributed by atoms with van der Waals surface area (Å²) >= 11 is 0. The Balaban J connectivity index is 1.82. The molecule has 134 valence electrons. The van der Waals surface area contributed by atoms with E-state index >= 15 is 0 Å². The largest absolute Gasteiger partial charge is 0.378 e. The van der Waals surface area contributed by atoms with E-state index in [9.17, 15) is 9.59 Å². The highest BCUT2D eigenvalue weighted by molar-refractivity contribution is 6.05. The third kappa shape index (κ3) is 4.72. The van der Waals surface area contributed by atoms with Gasteiger partial charge in [0.05, 0.1) is 0 Å². The van der Waals surface area contributed by atoms with Crippen molar-refractivity contribution in [2.45, 2.75) is 18.9 Å². The van der Waals surface area contributed by atoms with Crippen molar-refractivity contribution in [3.05, 3.63) is 71.4 Å². The number of hydrogen-bond donors (Lipinski definition) is 2. The van der Waals surface area contributed by atoms with Crippen molar-refractivity contribution in [2.24, 2.45) is 0 Å². The molecular formula is C21H23N3O2. The molecular weight excluding hydrogens is 326 g/mol. The predicted octanol–water partition coefficient (Wildman–Crippen LogP) is 2.80. The summed E-state index contributed by atoms with van der Waals surface area (Å²) < 4.78 is 0. The standard InChI is InChI=1S/C21H23N3O2/c1-24(2)18-12-8-15(9-13-18)14-19(21(26)22-17-10-11-17)23-20(25)16-6-4-3-5-7-16/h3-9,12-14,17H,10-11H2,1-2H3,(H,22,26)(H,23,25)/b19-14+. The van der Waals surface area contributed by atoms with Crippen LogP contribution >= 0.6 is 0 Å². The van der Waals surface area contributed by atoms with Crippen LogP contribution < -0.4 is 15.5 Å². The first-order valence-corrected chi connectivity index (χ1v) is 8.69. The SMILES string of the molecule is CN(C)c1ccc(/C=C(/NC(=O)c2ccccc2)C(=O)NC2CC2)cc1. The van der Waals surface area contributed by atoms with Crippen LogP contribution in [0.4, 0.5) is 5.69 Å². The van der Waals surface area contributed by atoms with E-state index in [2.05, 4.69) is 10.6 Å². The Morgan fingerprint density at radius 1 is 1.00 bits per heavy atom. The average Bonchev–Trinajstić information content (AvgIpc) is 3.46. The molecule has 5 heteroatoms. The Morgan fingerprint density at radius 2 is 1.65 bits per heavy atom. The van der Waals surface area contributed by atoms with E-state index in [1.165, 1.54) is 0 Å². The molecule has 26 heavy (non-hydrogen) atoms. The lowest BCUT2D eigenvalue weighted by Crippen LogP contribution is -2.35. The molecule has 5 nitrogen and oxygen atoms in total. The number of anilines is 1. The van der Waals surface area contributed by atoms with Crippen LogP contribution in [0.2, 0.25) is 0 Å². The molecule has 0 unspecified atom stereocenters. The molecule has 0 radical (unpaired) electrons. The van der Waals surface area contributed by atoms with Gasteiger partial charge in [-0.15, -0.1) is 0 Å². The Hall–Kier alpha value is -3.08. The maximum absolute atomic E-state index is 12.5. The van der Waals surface area contributed by atoms with E-state index in [0.29, 0.717) is 5.56 Å². The number of hydrogen-bond acceptors (Lipinski definition) is 3. The van der Waals surface area contributed by atoms with Gasteiger partial charge in [-0.05, 0) is 48.7 Å². The van der Waals surface area contributed by atoms with E-state index in [1.807, 2.05) is 49.3 Å². The van der Waals surface area contributed by atoms with Gasteiger partial charge in [-0.1, -0.05) is 30.3 Å². The Labute approximate surface area is 153 Å². The molecule has 0 aliphatic heterocycles. The van der Waals surface area contributed by atoms with Gasteiger partial charge in [0, 0.05) is 31.4 Å². The second-order valence-corrected chi connectivity index (χ2v) is 6.61. The molecule has 0 saturated heterocycles. The number of carbonyl (C=O) groups excluding carboxylic acids is 2. The van der Waals surface area contributed by atoms with Gasteiger partial charge in [-0.25, -0.2) is 0 Å². The predicted molar refractivity (Wildman–Crippen MR) is 104 cm³/mol. The number of benzene rings is 2. The van der Waals surface area contributed by atoms with Gasteiger partial charge in [0.2, 0.25) is 0 Å². The maximum atomic E-state index is 12.5. The highest BCUT2D eigenvalue weighted by atomic mass is 16.2. The van der Waals surface area contributed by atoms with Gasteiger partial charge in [0.25, 0.3) is 11.8 Å². The number of carbonyl (C=O) groups is 2. The van der Waals surface area contributed by atoms with Crippen molar-refractivity contribution in [2.75, 3.05) is 19.0 Å². The number of amides is 2. The topological polar surface area (TPSA) is 61.4 Å². The van der Waals surface area contributed by atoms with Crippen LogP contribution in [0.1, 0.15) is 28.8 Å². The van der Waals surface area contributed by atoms with Crippen molar-refractivity contribution in [1.82, 2.24) is 10.6 Å². The average molecular weight is 349 g/mol. The molecule has 2 aromatic rings. The molecule has 2 aromatic carbocycles. The molecule has 2 amide bonds. The van der Waals surface area contributed by atoms with Gasteiger partial charge >= 0.3 is 0 Å². The fraction of sp³-hybridized carbons (Fsp3) is 0.238. The molecule has 0 spiro atoms. The van der Waals surface area contributed by atoms with Crippen LogP contribution in [0, 0.1) is 0 Å². The molecule has 0 bridgehead atoms. The zero-order chi connectivity index (χ0) is 18.5. The van der Waals surface area contributed by atoms with Crippen LogP contribution in [0.15, 0.2) is 60.3 Å². The third-order valence-electron chi connectivity index (χ3n) is 4.16. The fourth-order valence-corrected chi connectivity index (χ4v) is 2.47. The molecule has 1 aliphatic carbocycles. The minimum atomic E-state index is -0.298. The summed E-state index contributed by atoms with van der Waals surface area (Å²) in [4.78, 5) is 27.0. The van der Waals surface area contributed by atoms with Crippen LogP contribution in [-0.2, 0) is 4.79 Å². The summed E-state index contributed by atoms with van der Waals surface area (Å²) in [6.07, 6.45) is 3.68. The zero-order valence-corrected chi connectivity index (χ0v) is 15.0. The quantitative estimate of drug-likeness (QED) is 0.789. The second-order valence-electron chi connectivity index (χ2n) is 6.61. The lowest BCUT2D eigenvalue weighted by molar-refractivity contribution is -0.117. The first kappa shape index (κ1) is 17.7. The highest BCUT2D eigenvalue weighted by Gasteiger charge is 2.25. The zero-order valence-electron chi connectivity index (χ0n) is 15.0. The van der Waals surface area contributed by atoms with Crippen molar-refractivity contribution in [3.8, 4) is 0 Å². The van der Waals surface area contributed by atoms with Crippen LogP contribution in [0.3, 0.4) is 0 Å². The summed E-state index contributed by atoms with van der Waals surface area (Å²) in [5.41, 5.74) is 2.69. The van der Waals surface area contributed by atoms with Crippen molar-refractivity contribution < 1.29 is 9.59 Å². The number of nitrogens with zero attached hydrogens (tertiary/aromatic N) is 1. The van der Waals surface area contributed by atoms with Gasteiger partial charge in [-0.3, -0.25) is 9.59 Å². The fourth-order valence-electron chi connectivity index (χ4n) is 2.47. The second kappa shape index (κ2) is 7.87. The molecule has 2 N–H and O–H groups in total. The molecule has 1 saturated carbocycles. The summed E-state index contributed by atoms with van der Waals surface area (Å²) in [5.74, 6) is -0.554. The lowest BCUT2D eigenvalue weighted by atomic mass is 10.1. The van der Waals surface area contributed by atoms with E-state index in [-0.39, 0.29) is 23.6 Å². The maximum Gasteiger partial charge on any atom is 0.268 e. The molecule has 0 atom stereocenters. The minimum absolute atomic E-state index is 0.218. The Bertz CT molecular complexity index is 807. The molecule has 0 aromatic heterocycles. The molecule has 0 heterocycles. The van der Waals surface area contributed by atoms with Crippen molar-refractivity contribution in [3.63, 3.8) is 0 Å². The van der Waals surface area contributed by atoms with E-state index < -0.39 is 0 Å². The smallest absolute Gasteiger partial charge is 0.268 e. The van der Waals surface area contributed by atoms with Gasteiger partial charge in [0.15, 0.2) is 0 Å². The summed E-state index contributed by atoms with van der Waals surface area (Å²) in [7, 11) is 3.94. The number of rotatable bonds is 6. The van der Waals surface area contributed by atoms with E-state index in [4.69, 9.17) is 0 Å². The van der Waals surface area contributed by atoms with Crippen LogP contribution in [0.5, 0.6) is 0 Å². The Morgan fingerprint density at radius 3 is 2.23 bits per heavy atom. The van der Waals surface area contributed by atoms with Crippen molar-refractivity contribution in [1.29, 1.82) is 0 Å². The highest BCUT2D eigenvalue weighted by Crippen LogP contribution is 2.20. The first-order chi connectivity index (χ1) is 12.5. The summed E-state index contributed by atoms with van der Waals surface area (Å²) in [5, 5.41) is 5.68. The molecule has 1 fully saturated rings. The lowest BCUT2D eigenvalue weighted by Gasteiger charge is -2.13. The third-order valence-corrected chi connectivity index (χ3v) is 4.16. The van der Waals surface area contributed by atoms with Gasteiger partial charge in [-0.2, -0.15) is 0 Å². The van der Waals surface area contributed by atoms with Gasteiger partial charge in [0.1, 0.15) is 5.70 Å². The first-order valence-electron chi connectivity index (χ1n) is 8.69. The summed E-state index contributed by atoms with van der Waals surface area (Å²) in [6, 6.07) is 16.9. The monoisotopic (exact) mass is 349 g/mol. The molecule has 1 aliphatic rings. The van der Waals surface area contributed by atoms with E-state index in [1.54, 1.807) is 30.3 Å². The Kier molecular flexibility index (Phi) is 5.37. The van der Waals surface area contributed by atoms with Crippen LogP contribution in [-0.4, -0.2) is 32.0 Å². The minimum Gasteiger partial charge on any atom is -0.378 e. The normalized spacial score (nSPS) is 13.8. The summed E-state index contributed by atoms with van der Waals surface area (Å²) in [6.45, 7) is 0. The van der Waals surface area contributed by atoms with E-state index in [0.717, 1.165) is 24.1 Å². The van der Waals surface area contributed by atoms with Crippen LogP contribution in [0.25, 0.3) is 6.08 Å². The number of nitrogens with one attached hydrogen (secondary N) is 2. The molecule has 3 rings (SSSR count).